The van der Waals surface area contributed by atoms with E-state index in [0.717, 1.165) is 52.2 Å². The SMILES string of the molecule is CC[C@@H]1OCCC[C@@H]1C(=O)N(C)Cc1ccccc1N1CCOCC1. The van der Waals surface area contributed by atoms with E-state index in [1.165, 1.54) is 11.3 Å². The van der Waals surface area contributed by atoms with Gasteiger partial charge < -0.3 is 19.3 Å². The fourth-order valence-corrected chi connectivity index (χ4v) is 3.90. The Kier molecular flexibility index (Phi) is 6.32. The number of anilines is 1. The van der Waals surface area contributed by atoms with Crippen LogP contribution in [0, 0.1) is 5.92 Å². The normalized spacial score (nSPS) is 24.2. The number of carbonyl (C=O) groups is 1. The molecule has 2 atom stereocenters. The van der Waals surface area contributed by atoms with Crippen LogP contribution in [0.1, 0.15) is 31.7 Å². The Morgan fingerprint density at radius 2 is 2.00 bits per heavy atom. The summed E-state index contributed by atoms with van der Waals surface area (Å²) in [5, 5.41) is 0. The number of carbonyl (C=O) groups excluding carboxylic acids is 1. The van der Waals surface area contributed by atoms with Crippen molar-refractivity contribution in [2.45, 2.75) is 38.8 Å². The van der Waals surface area contributed by atoms with Gasteiger partial charge >= 0.3 is 0 Å². The van der Waals surface area contributed by atoms with Crippen LogP contribution < -0.4 is 4.90 Å². The number of hydrogen-bond donors (Lipinski definition) is 0. The summed E-state index contributed by atoms with van der Waals surface area (Å²) >= 11 is 0. The van der Waals surface area contributed by atoms with Gasteiger partial charge in [-0.1, -0.05) is 25.1 Å². The zero-order chi connectivity index (χ0) is 17.6. The van der Waals surface area contributed by atoms with Crippen LogP contribution in [0.25, 0.3) is 0 Å². The summed E-state index contributed by atoms with van der Waals surface area (Å²) in [5.41, 5.74) is 2.42. The van der Waals surface area contributed by atoms with Gasteiger partial charge in [0.05, 0.1) is 25.2 Å². The maximum absolute atomic E-state index is 13.0. The molecule has 1 aromatic carbocycles. The zero-order valence-corrected chi connectivity index (χ0v) is 15.4. The molecule has 2 heterocycles. The number of benzene rings is 1. The van der Waals surface area contributed by atoms with Crippen molar-refractivity contribution in [3.8, 4) is 0 Å². The average Bonchev–Trinajstić information content (AvgIpc) is 2.68. The molecule has 0 aliphatic carbocycles. The van der Waals surface area contributed by atoms with Crippen LogP contribution in [-0.4, -0.2) is 56.9 Å². The van der Waals surface area contributed by atoms with Gasteiger partial charge in [0.2, 0.25) is 5.91 Å². The summed E-state index contributed by atoms with van der Waals surface area (Å²) in [6.07, 6.45) is 2.88. The van der Waals surface area contributed by atoms with Crippen LogP contribution in [0.4, 0.5) is 5.69 Å². The molecule has 0 aromatic heterocycles. The fourth-order valence-electron chi connectivity index (χ4n) is 3.90. The second kappa shape index (κ2) is 8.68. The van der Waals surface area contributed by atoms with Crippen LogP contribution in [0.3, 0.4) is 0 Å². The smallest absolute Gasteiger partial charge is 0.228 e. The van der Waals surface area contributed by atoms with Crippen molar-refractivity contribution >= 4 is 11.6 Å². The van der Waals surface area contributed by atoms with Crippen molar-refractivity contribution in [1.29, 1.82) is 0 Å². The lowest BCUT2D eigenvalue weighted by Gasteiger charge is -2.34. The number of nitrogens with zero attached hydrogens (tertiary/aromatic N) is 2. The molecule has 2 aliphatic rings. The van der Waals surface area contributed by atoms with Crippen LogP contribution >= 0.6 is 0 Å². The number of amides is 1. The van der Waals surface area contributed by atoms with Crippen molar-refractivity contribution in [2.75, 3.05) is 44.9 Å². The largest absolute Gasteiger partial charge is 0.378 e. The van der Waals surface area contributed by atoms with Gasteiger partial charge in [0, 0.05) is 39.0 Å². The van der Waals surface area contributed by atoms with Gasteiger partial charge in [0.25, 0.3) is 0 Å². The quantitative estimate of drug-likeness (QED) is 0.822. The average molecular weight is 346 g/mol. The predicted molar refractivity (Wildman–Crippen MR) is 98.7 cm³/mol. The summed E-state index contributed by atoms with van der Waals surface area (Å²) in [4.78, 5) is 17.2. The molecule has 1 amide bonds. The lowest BCUT2D eigenvalue weighted by molar-refractivity contribution is -0.144. The predicted octanol–water partition coefficient (Wildman–Crippen LogP) is 2.69. The zero-order valence-electron chi connectivity index (χ0n) is 15.4. The highest BCUT2D eigenvalue weighted by Crippen LogP contribution is 2.27. The van der Waals surface area contributed by atoms with Crippen LogP contribution in [0.15, 0.2) is 24.3 Å². The molecule has 3 rings (SSSR count). The molecular weight excluding hydrogens is 316 g/mol. The van der Waals surface area contributed by atoms with Crippen molar-refractivity contribution < 1.29 is 14.3 Å². The molecule has 138 valence electrons. The number of rotatable bonds is 5. The molecule has 5 nitrogen and oxygen atoms in total. The van der Waals surface area contributed by atoms with E-state index in [4.69, 9.17) is 9.47 Å². The summed E-state index contributed by atoms with van der Waals surface area (Å²) in [7, 11) is 1.92. The Labute approximate surface area is 150 Å². The van der Waals surface area contributed by atoms with Crippen LogP contribution in [0.2, 0.25) is 0 Å². The molecule has 25 heavy (non-hydrogen) atoms. The molecule has 0 bridgehead atoms. The maximum atomic E-state index is 13.0. The van der Waals surface area contributed by atoms with E-state index in [1.54, 1.807) is 0 Å². The molecular formula is C20H30N2O3. The van der Waals surface area contributed by atoms with E-state index < -0.39 is 0 Å². The summed E-state index contributed by atoms with van der Waals surface area (Å²) in [6, 6.07) is 8.40. The summed E-state index contributed by atoms with van der Waals surface area (Å²) < 4.78 is 11.3. The molecule has 0 N–H and O–H groups in total. The Balaban J connectivity index is 1.70. The van der Waals surface area contributed by atoms with Gasteiger partial charge in [-0.05, 0) is 30.9 Å². The molecule has 0 saturated carbocycles. The van der Waals surface area contributed by atoms with Crippen LogP contribution in [-0.2, 0) is 20.8 Å². The molecule has 2 saturated heterocycles. The third kappa shape index (κ3) is 4.33. The van der Waals surface area contributed by atoms with Gasteiger partial charge in [0.1, 0.15) is 0 Å². The highest BCUT2D eigenvalue weighted by molar-refractivity contribution is 5.79. The minimum atomic E-state index is -0.000649. The van der Waals surface area contributed by atoms with Gasteiger partial charge in [-0.25, -0.2) is 0 Å². The highest BCUT2D eigenvalue weighted by Gasteiger charge is 2.32. The molecule has 1 aromatic rings. The van der Waals surface area contributed by atoms with E-state index in [9.17, 15) is 4.79 Å². The van der Waals surface area contributed by atoms with E-state index in [0.29, 0.717) is 6.54 Å². The Morgan fingerprint density at radius 3 is 2.76 bits per heavy atom. The second-order valence-electron chi connectivity index (χ2n) is 6.99. The lowest BCUT2D eigenvalue weighted by atomic mass is 9.91. The third-order valence-electron chi connectivity index (χ3n) is 5.29. The number of morpholine rings is 1. The number of ether oxygens (including phenoxy) is 2. The fraction of sp³-hybridized carbons (Fsp3) is 0.650. The molecule has 0 radical (unpaired) electrons. The van der Waals surface area contributed by atoms with Gasteiger partial charge in [-0.3, -0.25) is 4.79 Å². The first kappa shape index (κ1) is 18.2. The standard InChI is InChI=1S/C20H30N2O3/c1-3-19-17(8-6-12-25-19)20(23)21(2)15-16-7-4-5-9-18(16)22-10-13-24-14-11-22/h4-5,7,9,17,19H,3,6,8,10-15H2,1-2H3/t17-,19-/m0/s1. The van der Waals surface area contributed by atoms with Gasteiger partial charge in [0.15, 0.2) is 0 Å². The maximum Gasteiger partial charge on any atom is 0.228 e. The third-order valence-corrected chi connectivity index (χ3v) is 5.29. The molecule has 5 heteroatoms. The molecule has 2 aliphatic heterocycles. The monoisotopic (exact) mass is 346 g/mol. The van der Waals surface area contributed by atoms with Crippen molar-refractivity contribution in [1.82, 2.24) is 4.90 Å². The Morgan fingerprint density at radius 1 is 1.24 bits per heavy atom. The summed E-state index contributed by atoms with van der Waals surface area (Å²) in [6.45, 7) is 6.86. The van der Waals surface area contributed by atoms with Crippen molar-refractivity contribution in [3.05, 3.63) is 29.8 Å². The Bertz CT molecular complexity index is 572. The van der Waals surface area contributed by atoms with Gasteiger partial charge in [-0.2, -0.15) is 0 Å². The van der Waals surface area contributed by atoms with Gasteiger partial charge in [-0.15, -0.1) is 0 Å². The van der Waals surface area contributed by atoms with Crippen molar-refractivity contribution in [3.63, 3.8) is 0 Å². The van der Waals surface area contributed by atoms with E-state index in [1.807, 2.05) is 11.9 Å². The van der Waals surface area contributed by atoms with E-state index >= 15 is 0 Å². The first-order chi connectivity index (χ1) is 12.2. The Hall–Kier alpha value is -1.59. The van der Waals surface area contributed by atoms with Crippen molar-refractivity contribution in [2.24, 2.45) is 5.92 Å². The first-order valence-electron chi connectivity index (χ1n) is 9.48. The minimum Gasteiger partial charge on any atom is -0.378 e. The molecule has 0 unspecified atom stereocenters. The highest BCUT2D eigenvalue weighted by atomic mass is 16.5. The van der Waals surface area contributed by atoms with E-state index in [2.05, 4.69) is 36.1 Å². The van der Waals surface area contributed by atoms with Crippen LogP contribution in [0.5, 0.6) is 0 Å². The topological polar surface area (TPSA) is 42.0 Å². The number of para-hydroxylation sites is 1. The molecule has 2 fully saturated rings. The molecule has 0 spiro atoms. The lowest BCUT2D eigenvalue weighted by Crippen LogP contribution is -2.42. The second-order valence-corrected chi connectivity index (χ2v) is 6.99. The minimum absolute atomic E-state index is 0.000649. The number of hydrogen-bond acceptors (Lipinski definition) is 4. The van der Waals surface area contributed by atoms with E-state index in [-0.39, 0.29) is 17.9 Å². The first-order valence-corrected chi connectivity index (χ1v) is 9.48. The summed E-state index contributed by atoms with van der Waals surface area (Å²) in [5.74, 6) is 0.211.